The summed E-state index contributed by atoms with van der Waals surface area (Å²) in [7, 11) is 1.72. The Morgan fingerprint density at radius 1 is 1.73 bits per heavy atom. The molecule has 6 nitrogen and oxygen atoms in total. The number of nitrogens with zero attached hydrogens (tertiary/aromatic N) is 2. The van der Waals surface area contributed by atoms with Crippen molar-refractivity contribution in [1.29, 1.82) is 0 Å². The van der Waals surface area contributed by atoms with Gasteiger partial charge in [0.15, 0.2) is 0 Å². The molecule has 1 amide bonds. The number of likely N-dealkylation sites (N-methyl/N-ethyl adjacent to an activating group) is 1. The van der Waals surface area contributed by atoms with Gasteiger partial charge in [-0.2, -0.15) is 5.10 Å². The average Bonchev–Trinajstić information content (AvgIpc) is 2.70. The van der Waals surface area contributed by atoms with Crippen molar-refractivity contribution in [2.75, 3.05) is 26.8 Å². The lowest BCUT2D eigenvalue weighted by Crippen LogP contribution is -2.30. The van der Waals surface area contributed by atoms with E-state index in [2.05, 4.69) is 10.2 Å². The Bertz CT molecular complexity index is 286. The monoisotopic (exact) mass is 212 g/mol. The smallest absolute Gasteiger partial charge is 0.248 e. The molecule has 1 aromatic heterocycles. The molecule has 15 heavy (non-hydrogen) atoms. The van der Waals surface area contributed by atoms with E-state index in [-0.39, 0.29) is 12.5 Å². The molecule has 0 spiro atoms. The summed E-state index contributed by atoms with van der Waals surface area (Å²) >= 11 is 0. The number of hydrogen-bond donors (Lipinski definition) is 2. The molecule has 1 aromatic rings. The first kappa shape index (κ1) is 11.7. The summed E-state index contributed by atoms with van der Waals surface area (Å²) in [5.74, 6) is -0.0651. The van der Waals surface area contributed by atoms with Crippen LogP contribution in [0.4, 0.5) is 0 Å². The molecule has 0 aliphatic heterocycles. The SMILES string of the molecule is CN(Cc1cn[nH]c1)C(=O)COCCN. The Kier molecular flexibility index (Phi) is 4.79. The first-order valence-electron chi connectivity index (χ1n) is 4.73. The zero-order valence-electron chi connectivity index (χ0n) is 8.77. The zero-order chi connectivity index (χ0) is 11.1. The maximum absolute atomic E-state index is 11.5. The van der Waals surface area contributed by atoms with Gasteiger partial charge in [-0.05, 0) is 0 Å². The van der Waals surface area contributed by atoms with Crippen LogP contribution in [0.25, 0.3) is 0 Å². The van der Waals surface area contributed by atoms with Crippen LogP contribution in [0, 0.1) is 0 Å². The van der Waals surface area contributed by atoms with Crippen molar-refractivity contribution in [2.24, 2.45) is 5.73 Å². The number of nitrogens with one attached hydrogen (secondary N) is 1. The van der Waals surface area contributed by atoms with Crippen LogP contribution in [0.2, 0.25) is 0 Å². The molecule has 84 valence electrons. The molecular weight excluding hydrogens is 196 g/mol. The lowest BCUT2D eigenvalue weighted by molar-refractivity contribution is -0.135. The standard InChI is InChI=1S/C9H16N4O2/c1-13(6-8-4-11-12-5-8)9(14)7-15-3-2-10/h4-5H,2-3,6-7,10H2,1H3,(H,11,12). The molecule has 1 rings (SSSR count). The molecule has 0 aliphatic rings. The molecule has 0 fully saturated rings. The van der Waals surface area contributed by atoms with Crippen molar-refractivity contribution in [3.8, 4) is 0 Å². The van der Waals surface area contributed by atoms with E-state index >= 15 is 0 Å². The van der Waals surface area contributed by atoms with Gasteiger partial charge in [-0.1, -0.05) is 0 Å². The van der Waals surface area contributed by atoms with E-state index in [4.69, 9.17) is 10.5 Å². The first-order chi connectivity index (χ1) is 7.24. The summed E-state index contributed by atoms with van der Waals surface area (Å²) in [6.07, 6.45) is 3.44. The maximum Gasteiger partial charge on any atom is 0.248 e. The van der Waals surface area contributed by atoms with Gasteiger partial charge < -0.3 is 15.4 Å². The highest BCUT2D eigenvalue weighted by atomic mass is 16.5. The predicted molar refractivity (Wildman–Crippen MR) is 54.9 cm³/mol. The molecule has 0 aliphatic carbocycles. The number of amides is 1. The van der Waals surface area contributed by atoms with Crippen LogP contribution < -0.4 is 5.73 Å². The summed E-state index contributed by atoms with van der Waals surface area (Å²) in [6, 6.07) is 0. The third-order valence-corrected chi connectivity index (χ3v) is 1.89. The van der Waals surface area contributed by atoms with Gasteiger partial charge in [0.25, 0.3) is 0 Å². The average molecular weight is 212 g/mol. The maximum atomic E-state index is 11.5. The number of aromatic nitrogens is 2. The molecule has 0 bridgehead atoms. The van der Waals surface area contributed by atoms with Crippen molar-refractivity contribution in [1.82, 2.24) is 15.1 Å². The molecule has 0 radical (unpaired) electrons. The van der Waals surface area contributed by atoms with Gasteiger partial charge in [0, 0.05) is 31.9 Å². The number of carbonyl (C=O) groups excluding carboxylic acids is 1. The van der Waals surface area contributed by atoms with Crippen LogP contribution in [0.1, 0.15) is 5.56 Å². The number of aromatic amines is 1. The van der Waals surface area contributed by atoms with Crippen LogP contribution in [0.15, 0.2) is 12.4 Å². The van der Waals surface area contributed by atoms with Gasteiger partial charge in [0.1, 0.15) is 6.61 Å². The van der Waals surface area contributed by atoms with Crippen LogP contribution in [0.5, 0.6) is 0 Å². The molecule has 0 unspecified atom stereocenters. The molecule has 3 N–H and O–H groups in total. The zero-order valence-corrected chi connectivity index (χ0v) is 8.77. The van der Waals surface area contributed by atoms with E-state index in [1.807, 2.05) is 0 Å². The Balaban J connectivity index is 2.27. The van der Waals surface area contributed by atoms with E-state index in [1.54, 1.807) is 24.3 Å². The topological polar surface area (TPSA) is 84.2 Å². The third-order valence-electron chi connectivity index (χ3n) is 1.89. The second kappa shape index (κ2) is 6.15. The van der Waals surface area contributed by atoms with Crippen molar-refractivity contribution in [2.45, 2.75) is 6.54 Å². The van der Waals surface area contributed by atoms with E-state index in [0.717, 1.165) is 5.56 Å². The normalized spacial score (nSPS) is 10.3. The van der Waals surface area contributed by atoms with Gasteiger partial charge in [-0.15, -0.1) is 0 Å². The van der Waals surface area contributed by atoms with E-state index in [1.165, 1.54) is 0 Å². The molecule has 1 heterocycles. The van der Waals surface area contributed by atoms with E-state index in [9.17, 15) is 4.79 Å². The van der Waals surface area contributed by atoms with E-state index in [0.29, 0.717) is 19.7 Å². The first-order valence-corrected chi connectivity index (χ1v) is 4.73. The molecular formula is C9H16N4O2. The third kappa shape index (κ3) is 4.09. The molecule has 0 aromatic carbocycles. The summed E-state index contributed by atoms with van der Waals surface area (Å²) in [4.78, 5) is 13.1. The van der Waals surface area contributed by atoms with Crippen molar-refractivity contribution >= 4 is 5.91 Å². The van der Waals surface area contributed by atoms with Gasteiger partial charge in [-0.25, -0.2) is 0 Å². The lowest BCUT2D eigenvalue weighted by atomic mass is 10.3. The highest BCUT2D eigenvalue weighted by Crippen LogP contribution is 1.99. The highest BCUT2D eigenvalue weighted by Gasteiger charge is 2.09. The lowest BCUT2D eigenvalue weighted by Gasteiger charge is -2.15. The number of rotatable bonds is 6. The van der Waals surface area contributed by atoms with Crippen molar-refractivity contribution in [3.05, 3.63) is 18.0 Å². The Labute approximate surface area is 88.4 Å². The molecule has 0 saturated carbocycles. The number of ether oxygens (including phenoxy) is 1. The number of carbonyl (C=O) groups is 1. The fourth-order valence-electron chi connectivity index (χ4n) is 1.08. The molecule has 0 saturated heterocycles. The largest absolute Gasteiger partial charge is 0.370 e. The van der Waals surface area contributed by atoms with Gasteiger partial charge in [0.05, 0.1) is 12.8 Å². The summed E-state index contributed by atoms with van der Waals surface area (Å²) < 4.78 is 5.05. The fourth-order valence-corrected chi connectivity index (χ4v) is 1.08. The second-order valence-electron chi connectivity index (χ2n) is 3.20. The number of hydrogen-bond acceptors (Lipinski definition) is 4. The Hall–Kier alpha value is -1.40. The number of H-pyrrole nitrogens is 1. The summed E-state index contributed by atoms with van der Waals surface area (Å²) in [6.45, 7) is 1.44. The Morgan fingerprint density at radius 3 is 3.13 bits per heavy atom. The quantitative estimate of drug-likeness (QED) is 0.613. The van der Waals surface area contributed by atoms with Crippen LogP contribution in [-0.2, 0) is 16.1 Å². The van der Waals surface area contributed by atoms with Crippen LogP contribution >= 0.6 is 0 Å². The van der Waals surface area contributed by atoms with Crippen LogP contribution in [-0.4, -0.2) is 47.8 Å². The van der Waals surface area contributed by atoms with E-state index < -0.39 is 0 Å². The minimum atomic E-state index is -0.0651. The fraction of sp³-hybridized carbons (Fsp3) is 0.556. The van der Waals surface area contributed by atoms with Gasteiger partial charge in [-0.3, -0.25) is 9.89 Å². The second-order valence-corrected chi connectivity index (χ2v) is 3.20. The van der Waals surface area contributed by atoms with Crippen molar-refractivity contribution in [3.63, 3.8) is 0 Å². The summed E-state index contributed by atoms with van der Waals surface area (Å²) in [5, 5.41) is 6.49. The number of nitrogens with two attached hydrogens (primary N) is 1. The van der Waals surface area contributed by atoms with Crippen molar-refractivity contribution < 1.29 is 9.53 Å². The van der Waals surface area contributed by atoms with Gasteiger partial charge in [0.2, 0.25) is 5.91 Å². The molecule has 6 heteroatoms. The Morgan fingerprint density at radius 2 is 2.53 bits per heavy atom. The van der Waals surface area contributed by atoms with Crippen LogP contribution in [0.3, 0.4) is 0 Å². The minimum Gasteiger partial charge on any atom is -0.370 e. The summed E-state index contributed by atoms with van der Waals surface area (Å²) in [5.41, 5.74) is 6.20. The minimum absolute atomic E-state index is 0.0651. The highest BCUT2D eigenvalue weighted by molar-refractivity contribution is 5.77. The predicted octanol–water partition coefficient (Wildman–Crippen LogP) is -0.657. The molecule has 0 atom stereocenters. The van der Waals surface area contributed by atoms with Gasteiger partial charge >= 0.3 is 0 Å².